The van der Waals surface area contributed by atoms with Gasteiger partial charge < -0.3 is 11.1 Å². The summed E-state index contributed by atoms with van der Waals surface area (Å²) in [6, 6.07) is 2.95. The summed E-state index contributed by atoms with van der Waals surface area (Å²) in [6.45, 7) is 1.60. The summed E-state index contributed by atoms with van der Waals surface area (Å²) in [7, 11) is 0. The smallest absolute Gasteiger partial charge is 0.290 e. The highest BCUT2D eigenvalue weighted by molar-refractivity contribution is 5.78. The Labute approximate surface area is 123 Å². The Morgan fingerprint density at radius 2 is 2.10 bits per heavy atom. The van der Waals surface area contributed by atoms with Crippen molar-refractivity contribution in [3.63, 3.8) is 0 Å². The van der Waals surface area contributed by atoms with Crippen molar-refractivity contribution < 1.29 is 9.72 Å². The largest absolute Gasteiger partial charge is 0.369 e. The van der Waals surface area contributed by atoms with Crippen LogP contribution in [-0.4, -0.2) is 21.9 Å². The topological polar surface area (TPSA) is 111 Å². The zero-order valence-electron chi connectivity index (χ0n) is 12.0. The number of carbonyl (C=O) groups excluding carboxylic acids is 1. The van der Waals surface area contributed by atoms with Gasteiger partial charge >= 0.3 is 0 Å². The van der Waals surface area contributed by atoms with Crippen LogP contribution in [0.1, 0.15) is 37.8 Å². The average Bonchev–Trinajstić information content (AvgIpc) is 2.63. The molecule has 0 radical (unpaired) electrons. The molecule has 21 heavy (non-hydrogen) atoms. The fourth-order valence-electron chi connectivity index (χ4n) is 2.84. The van der Waals surface area contributed by atoms with Crippen LogP contribution in [0.15, 0.2) is 12.1 Å². The highest BCUT2D eigenvalue weighted by atomic mass is 16.6. The number of amides is 1. The van der Waals surface area contributed by atoms with Crippen LogP contribution in [0.3, 0.4) is 0 Å². The van der Waals surface area contributed by atoms with Crippen LogP contribution >= 0.6 is 0 Å². The number of primary amides is 1. The monoisotopic (exact) mass is 292 g/mol. The normalized spacial score (nSPS) is 22.3. The lowest BCUT2D eigenvalue weighted by atomic mass is 9.94. The molecule has 0 saturated heterocycles. The maximum Gasteiger partial charge on any atom is 0.290 e. The Bertz CT molecular complexity index is 547. The van der Waals surface area contributed by atoms with E-state index in [9.17, 15) is 14.9 Å². The van der Waals surface area contributed by atoms with E-state index in [0.29, 0.717) is 11.5 Å². The SMILES string of the molecule is Cc1nc(NC2CCCCCC2C(N)=O)ccc1[N+](=O)[O-]. The van der Waals surface area contributed by atoms with Crippen molar-refractivity contribution >= 4 is 17.4 Å². The molecular weight excluding hydrogens is 272 g/mol. The van der Waals surface area contributed by atoms with Gasteiger partial charge in [0.15, 0.2) is 0 Å². The number of nitrogens with two attached hydrogens (primary N) is 1. The standard InChI is InChI=1S/C14H20N4O3/c1-9-12(18(20)21)7-8-13(16-9)17-11-6-4-2-3-5-10(11)14(15)19/h7-8,10-11H,2-6H2,1H3,(H2,15,19)(H,16,17). The molecule has 1 aliphatic rings. The molecule has 7 nitrogen and oxygen atoms in total. The number of nitro groups is 1. The zero-order valence-corrected chi connectivity index (χ0v) is 12.0. The van der Waals surface area contributed by atoms with Crippen LogP contribution in [0.25, 0.3) is 0 Å². The Kier molecular flexibility index (Phi) is 4.72. The Balaban J connectivity index is 2.16. The molecule has 1 amide bonds. The van der Waals surface area contributed by atoms with E-state index in [2.05, 4.69) is 10.3 Å². The minimum atomic E-state index is -0.454. The van der Waals surface area contributed by atoms with Crippen molar-refractivity contribution in [2.75, 3.05) is 5.32 Å². The molecule has 7 heteroatoms. The van der Waals surface area contributed by atoms with E-state index in [-0.39, 0.29) is 23.6 Å². The van der Waals surface area contributed by atoms with Crippen LogP contribution in [0.2, 0.25) is 0 Å². The summed E-state index contributed by atoms with van der Waals surface area (Å²) >= 11 is 0. The molecule has 1 saturated carbocycles. The number of aryl methyl sites for hydroxylation is 1. The first-order valence-electron chi connectivity index (χ1n) is 7.17. The first-order valence-corrected chi connectivity index (χ1v) is 7.17. The summed E-state index contributed by atoms with van der Waals surface area (Å²) in [4.78, 5) is 26.1. The van der Waals surface area contributed by atoms with E-state index in [1.807, 2.05) is 0 Å². The van der Waals surface area contributed by atoms with Crippen molar-refractivity contribution in [2.45, 2.75) is 45.1 Å². The predicted molar refractivity (Wildman–Crippen MR) is 78.8 cm³/mol. The molecule has 2 atom stereocenters. The predicted octanol–water partition coefficient (Wildman–Crippen LogP) is 2.14. The Morgan fingerprint density at radius 1 is 1.38 bits per heavy atom. The molecule has 0 aromatic carbocycles. The molecule has 3 N–H and O–H groups in total. The first kappa shape index (κ1) is 15.2. The van der Waals surface area contributed by atoms with Crippen molar-refractivity contribution in [1.29, 1.82) is 0 Å². The molecule has 1 aromatic rings. The molecule has 0 aliphatic heterocycles. The molecule has 0 spiro atoms. The number of pyridine rings is 1. The molecule has 1 heterocycles. The Morgan fingerprint density at radius 3 is 2.71 bits per heavy atom. The number of hydrogen-bond donors (Lipinski definition) is 2. The number of hydrogen-bond acceptors (Lipinski definition) is 5. The number of nitrogens with zero attached hydrogens (tertiary/aromatic N) is 2. The highest BCUT2D eigenvalue weighted by Gasteiger charge is 2.28. The number of aromatic nitrogens is 1. The third kappa shape index (κ3) is 3.68. The molecule has 1 aliphatic carbocycles. The van der Waals surface area contributed by atoms with Crippen molar-refractivity contribution in [1.82, 2.24) is 4.98 Å². The van der Waals surface area contributed by atoms with Crippen LogP contribution in [0.4, 0.5) is 11.5 Å². The van der Waals surface area contributed by atoms with Gasteiger partial charge in [0, 0.05) is 12.1 Å². The molecule has 1 fully saturated rings. The minimum absolute atomic E-state index is 0.00660. The van der Waals surface area contributed by atoms with Crippen LogP contribution in [0.5, 0.6) is 0 Å². The van der Waals surface area contributed by atoms with E-state index in [1.165, 1.54) is 6.07 Å². The highest BCUT2D eigenvalue weighted by Crippen LogP contribution is 2.26. The second-order valence-corrected chi connectivity index (χ2v) is 5.46. The third-order valence-electron chi connectivity index (χ3n) is 3.97. The van der Waals surface area contributed by atoms with Gasteiger partial charge in [0.1, 0.15) is 11.5 Å². The summed E-state index contributed by atoms with van der Waals surface area (Å²) in [5.41, 5.74) is 5.83. The molecular formula is C14H20N4O3. The molecule has 2 rings (SSSR count). The average molecular weight is 292 g/mol. The van der Waals surface area contributed by atoms with Gasteiger partial charge in [0.25, 0.3) is 5.69 Å². The maximum absolute atomic E-state index is 11.6. The molecule has 2 unspecified atom stereocenters. The van der Waals surface area contributed by atoms with E-state index in [0.717, 1.165) is 32.1 Å². The van der Waals surface area contributed by atoms with Crippen molar-refractivity contribution in [2.24, 2.45) is 11.7 Å². The van der Waals surface area contributed by atoms with E-state index in [4.69, 9.17) is 5.73 Å². The minimum Gasteiger partial charge on any atom is -0.369 e. The fourth-order valence-corrected chi connectivity index (χ4v) is 2.84. The van der Waals surface area contributed by atoms with Gasteiger partial charge in [-0.05, 0) is 25.8 Å². The zero-order chi connectivity index (χ0) is 15.4. The van der Waals surface area contributed by atoms with Gasteiger partial charge in [-0.3, -0.25) is 14.9 Å². The third-order valence-corrected chi connectivity index (χ3v) is 3.97. The van der Waals surface area contributed by atoms with E-state index >= 15 is 0 Å². The number of carbonyl (C=O) groups is 1. The second-order valence-electron chi connectivity index (χ2n) is 5.46. The molecule has 0 bridgehead atoms. The van der Waals surface area contributed by atoms with Crippen molar-refractivity contribution in [3.8, 4) is 0 Å². The van der Waals surface area contributed by atoms with Gasteiger partial charge in [-0.2, -0.15) is 0 Å². The lowest BCUT2D eigenvalue weighted by Crippen LogP contribution is -2.37. The van der Waals surface area contributed by atoms with Crippen LogP contribution in [0, 0.1) is 23.0 Å². The summed E-state index contributed by atoms with van der Waals surface area (Å²) in [5, 5.41) is 14.0. The second kappa shape index (κ2) is 6.51. The molecule has 114 valence electrons. The van der Waals surface area contributed by atoms with Gasteiger partial charge in [-0.15, -0.1) is 0 Å². The summed E-state index contributed by atoms with van der Waals surface area (Å²) in [6.07, 6.45) is 4.75. The lowest BCUT2D eigenvalue weighted by molar-refractivity contribution is -0.385. The van der Waals surface area contributed by atoms with Gasteiger partial charge in [0.2, 0.25) is 5.91 Å². The summed E-state index contributed by atoms with van der Waals surface area (Å²) in [5.74, 6) is 0.0362. The fraction of sp³-hybridized carbons (Fsp3) is 0.571. The number of anilines is 1. The summed E-state index contributed by atoms with van der Waals surface area (Å²) < 4.78 is 0. The number of nitrogens with one attached hydrogen (secondary N) is 1. The van der Waals surface area contributed by atoms with Gasteiger partial charge in [-0.25, -0.2) is 4.98 Å². The quantitative estimate of drug-likeness (QED) is 0.501. The van der Waals surface area contributed by atoms with Crippen LogP contribution < -0.4 is 11.1 Å². The lowest BCUT2D eigenvalue weighted by Gasteiger charge is -2.24. The van der Waals surface area contributed by atoms with Gasteiger partial charge in [0.05, 0.1) is 10.8 Å². The van der Waals surface area contributed by atoms with E-state index < -0.39 is 4.92 Å². The maximum atomic E-state index is 11.6. The first-order chi connectivity index (χ1) is 9.99. The number of rotatable bonds is 4. The van der Waals surface area contributed by atoms with Crippen molar-refractivity contribution in [3.05, 3.63) is 27.9 Å². The Hall–Kier alpha value is -2.18. The van der Waals surface area contributed by atoms with Gasteiger partial charge in [-0.1, -0.05) is 19.3 Å². The van der Waals surface area contributed by atoms with Crippen LogP contribution in [-0.2, 0) is 4.79 Å². The van der Waals surface area contributed by atoms with E-state index in [1.54, 1.807) is 13.0 Å². The molecule has 1 aromatic heterocycles.